The molecule has 7 atom stereocenters. The first-order valence-corrected chi connectivity index (χ1v) is 10.6. The molecule has 7 heteroatoms. The Balaban J connectivity index is 1.74. The van der Waals surface area contributed by atoms with E-state index in [1.165, 1.54) is 6.92 Å². The number of allylic oxidation sites excluding steroid dienone is 1. The molecule has 29 heavy (non-hydrogen) atoms. The molecule has 4 aliphatic carbocycles. The van der Waals surface area contributed by atoms with Gasteiger partial charge in [-0.05, 0) is 73.7 Å². The van der Waals surface area contributed by atoms with Crippen molar-refractivity contribution in [2.75, 3.05) is 0 Å². The van der Waals surface area contributed by atoms with Crippen LogP contribution in [0.2, 0.25) is 0 Å². The van der Waals surface area contributed by atoms with E-state index < -0.39 is 29.5 Å². The van der Waals surface area contributed by atoms with Crippen LogP contribution in [0.25, 0.3) is 0 Å². The fraction of sp³-hybridized carbons (Fsp3) is 0.864. The van der Waals surface area contributed by atoms with E-state index in [1.807, 2.05) is 6.92 Å². The van der Waals surface area contributed by atoms with Gasteiger partial charge in [-0.1, -0.05) is 26.3 Å². The van der Waals surface area contributed by atoms with Crippen LogP contribution in [-0.4, -0.2) is 28.6 Å². The smallest absolute Gasteiger partial charge is 0.383 e. The molecule has 3 fully saturated rings. The second-order valence-corrected chi connectivity index (χ2v) is 10.5. The summed E-state index contributed by atoms with van der Waals surface area (Å²) in [5.41, 5.74) is -3.66. The summed E-state index contributed by atoms with van der Waals surface area (Å²) < 4.78 is 68.8. The van der Waals surface area contributed by atoms with Gasteiger partial charge in [-0.25, -0.2) is 0 Å². The van der Waals surface area contributed by atoms with Gasteiger partial charge in [0.15, 0.2) is 5.78 Å². The minimum atomic E-state index is -5.78. The molecule has 4 unspecified atom stereocenters. The highest BCUT2D eigenvalue weighted by Crippen LogP contribution is 2.71. The van der Waals surface area contributed by atoms with Crippen LogP contribution in [0.5, 0.6) is 0 Å². The SMILES string of the molecule is CC1CC2=CC(=O)CC[C@]2(C)C2CC[C@@]3(C)C(CC[C@@]3(O)C(F)(F)C(F)(F)F)C12. The third kappa shape index (κ3) is 2.51. The van der Waals surface area contributed by atoms with Crippen LogP contribution in [0, 0.1) is 34.5 Å². The molecule has 0 aromatic carbocycles. The van der Waals surface area contributed by atoms with Crippen molar-refractivity contribution in [3.05, 3.63) is 11.6 Å². The molecule has 0 aromatic heterocycles. The highest BCUT2D eigenvalue weighted by Gasteiger charge is 2.79. The average Bonchev–Trinajstić information content (AvgIpc) is 2.88. The van der Waals surface area contributed by atoms with Crippen molar-refractivity contribution in [1.29, 1.82) is 0 Å². The maximum absolute atomic E-state index is 14.5. The molecule has 0 spiro atoms. The first-order chi connectivity index (χ1) is 13.2. The highest BCUT2D eigenvalue weighted by atomic mass is 19.4. The minimum Gasteiger partial charge on any atom is -0.383 e. The van der Waals surface area contributed by atoms with Gasteiger partial charge in [0.05, 0.1) is 0 Å². The van der Waals surface area contributed by atoms with Crippen LogP contribution in [0.4, 0.5) is 22.0 Å². The molecule has 0 heterocycles. The summed E-state index contributed by atoms with van der Waals surface area (Å²) in [7, 11) is 0. The van der Waals surface area contributed by atoms with Crippen LogP contribution >= 0.6 is 0 Å². The molecule has 4 rings (SSSR count). The maximum Gasteiger partial charge on any atom is 0.456 e. The summed E-state index contributed by atoms with van der Waals surface area (Å²) in [6, 6.07) is 0. The van der Waals surface area contributed by atoms with E-state index >= 15 is 0 Å². The lowest BCUT2D eigenvalue weighted by atomic mass is 9.44. The number of hydrogen-bond acceptors (Lipinski definition) is 2. The van der Waals surface area contributed by atoms with E-state index in [4.69, 9.17) is 0 Å². The number of ketones is 1. The van der Waals surface area contributed by atoms with Crippen molar-refractivity contribution in [2.45, 2.75) is 83.4 Å². The van der Waals surface area contributed by atoms with Crippen LogP contribution in [0.3, 0.4) is 0 Å². The van der Waals surface area contributed by atoms with Crippen LogP contribution in [0.1, 0.15) is 65.7 Å². The van der Waals surface area contributed by atoms with Gasteiger partial charge in [-0.3, -0.25) is 4.79 Å². The Morgan fingerprint density at radius 3 is 2.28 bits per heavy atom. The monoisotopic (exact) mass is 420 g/mol. The number of carbonyl (C=O) groups is 1. The molecule has 0 aliphatic heterocycles. The summed E-state index contributed by atoms with van der Waals surface area (Å²) in [4.78, 5) is 12.0. The third-order valence-corrected chi connectivity index (χ3v) is 9.34. The minimum absolute atomic E-state index is 0.0258. The first-order valence-electron chi connectivity index (χ1n) is 10.6. The number of rotatable bonds is 1. The number of aliphatic hydroxyl groups is 1. The van der Waals surface area contributed by atoms with Crippen LogP contribution in [-0.2, 0) is 4.79 Å². The topological polar surface area (TPSA) is 37.3 Å². The summed E-state index contributed by atoms with van der Waals surface area (Å²) in [6.45, 7) is 5.59. The zero-order chi connectivity index (χ0) is 21.6. The lowest BCUT2D eigenvalue weighted by Crippen LogP contribution is -2.66. The molecular weight excluding hydrogens is 391 g/mol. The maximum atomic E-state index is 14.5. The predicted octanol–water partition coefficient (Wildman–Crippen LogP) is 5.69. The van der Waals surface area contributed by atoms with Gasteiger partial charge in [0.1, 0.15) is 5.60 Å². The van der Waals surface area contributed by atoms with E-state index in [2.05, 4.69) is 6.92 Å². The average molecular weight is 420 g/mol. The highest BCUT2D eigenvalue weighted by molar-refractivity contribution is 5.91. The Bertz CT molecular complexity index is 759. The first kappa shape index (κ1) is 21.3. The lowest BCUT2D eigenvalue weighted by Gasteiger charge is -2.61. The summed E-state index contributed by atoms with van der Waals surface area (Å²) in [5.74, 6) is -5.21. The van der Waals surface area contributed by atoms with Gasteiger partial charge in [-0.15, -0.1) is 0 Å². The van der Waals surface area contributed by atoms with Gasteiger partial charge in [0.2, 0.25) is 0 Å². The largest absolute Gasteiger partial charge is 0.456 e. The van der Waals surface area contributed by atoms with Gasteiger partial charge in [-0.2, -0.15) is 22.0 Å². The number of hydrogen-bond donors (Lipinski definition) is 1. The van der Waals surface area contributed by atoms with Gasteiger partial charge in [0, 0.05) is 11.8 Å². The third-order valence-electron chi connectivity index (χ3n) is 9.34. The Morgan fingerprint density at radius 2 is 1.66 bits per heavy atom. The Kier molecular flexibility index (Phi) is 4.43. The predicted molar refractivity (Wildman–Crippen MR) is 97.2 cm³/mol. The fourth-order valence-electron chi connectivity index (χ4n) is 7.67. The molecule has 0 bridgehead atoms. The molecular formula is C22H29F5O2. The number of fused-ring (bicyclic) bond motifs is 5. The van der Waals surface area contributed by atoms with E-state index in [0.29, 0.717) is 25.7 Å². The molecule has 4 aliphatic rings. The van der Waals surface area contributed by atoms with Crippen LogP contribution in [0.15, 0.2) is 11.6 Å². The van der Waals surface area contributed by atoms with E-state index in [9.17, 15) is 31.9 Å². The molecule has 164 valence electrons. The second-order valence-electron chi connectivity index (χ2n) is 10.5. The van der Waals surface area contributed by atoms with Gasteiger partial charge in [0.25, 0.3) is 0 Å². The van der Waals surface area contributed by atoms with Crippen molar-refractivity contribution in [1.82, 2.24) is 0 Å². The zero-order valence-corrected chi connectivity index (χ0v) is 17.1. The Morgan fingerprint density at radius 1 is 1.03 bits per heavy atom. The number of carbonyl (C=O) groups excluding carboxylic acids is 1. The number of alkyl halides is 5. The molecule has 1 N–H and O–H groups in total. The molecule has 3 saturated carbocycles. The molecule has 0 amide bonds. The van der Waals surface area contributed by atoms with Crippen molar-refractivity contribution in [2.24, 2.45) is 34.5 Å². The Hall–Kier alpha value is -0.980. The van der Waals surface area contributed by atoms with E-state index in [1.54, 1.807) is 6.08 Å². The molecule has 0 aromatic rings. The second kappa shape index (κ2) is 6.04. The fourth-order valence-corrected chi connectivity index (χ4v) is 7.67. The van der Waals surface area contributed by atoms with E-state index in [0.717, 1.165) is 5.57 Å². The van der Waals surface area contributed by atoms with Crippen LogP contribution < -0.4 is 0 Å². The normalized spacial score (nSPS) is 47.9. The Labute approximate surface area is 167 Å². The lowest BCUT2D eigenvalue weighted by molar-refractivity contribution is -0.364. The van der Waals surface area contributed by atoms with Gasteiger partial charge >= 0.3 is 12.1 Å². The van der Waals surface area contributed by atoms with Crippen molar-refractivity contribution in [3.63, 3.8) is 0 Å². The molecule has 0 saturated heterocycles. The molecule has 2 nitrogen and oxygen atoms in total. The summed E-state index contributed by atoms with van der Waals surface area (Å²) in [6.07, 6.45) is -1.91. The standard InChI is InChI=1S/C22H29F5O2/c1-12-10-13-11-14(28)4-7-18(13,2)15-5-8-19(3)16(17(12)15)6-9-20(19,29)21(23,24)22(25,26)27/h11-12,15-17,29H,4-10H2,1-3H3/t12?,15?,16?,17?,18-,19-,20-/m0/s1. The quantitative estimate of drug-likeness (QED) is 0.553. The zero-order valence-electron chi connectivity index (χ0n) is 17.1. The van der Waals surface area contributed by atoms with E-state index in [-0.39, 0.29) is 47.7 Å². The number of halogens is 5. The summed E-state index contributed by atoms with van der Waals surface area (Å²) in [5, 5.41) is 10.9. The summed E-state index contributed by atoms with van der Waals surface area (Å²) >= 11 is 0. The van der Waals surface area contributed by atoms with Crippen molar-refractivity contribution in [3.8, 4) is 0 Å². The van der Waals surface area contributed by atoms with Crippen molar-refractivity contribution >= 4 is 5.78 Å². The van der Waals surface area contributed by atoms with Gasteiger partial charge < -0.3 is 5.11 Å². The molecule has 0 radical (unpaired) electrons. The van der Waals surface area contributed by atoms with Crippen molar-refractivity contribution < 1.29 is 31.9 Å².